The van der Waals surface area contributed by atoms with Gasteiger partial charge in [-0.05, 0) is 24.3 Å². The Morgan fingerprint density at radius 2 is 1.85 bits per heavy atom. The lowest BCUT2D eigenvalue weighted by Crippen LogP contribution is -2.12. The first kappa shape index (κ1) is 13.3. The molecule has 0 aliphatic heterocycles. The molecule has 0 aliphatic carbocycles. The van der Waals surface area contributed by atoms with Crippen molar-refractivity contribution in [3.63, 3.8) is 0 Å². The van der Waals surface area contributed by atoms with Crippen LogP contribution in [0.15, 0.2) is 51.4 Å². The molecule has 1 heterocycles. The van der Waals surface area contributed by atoms with E-state index in [2.05, 4.69) is 15.9 Å². The minimum absolute atomic E-state index is 0.135. The second-order valence-electron chi connectivity index (χ2n) is 4.45. The smallest absolute Gasteiger partial charge is 0.169 e. The van der Waals surface area contributed by atoms with Crippen molar-refractivity contribution in [1.29, 1.82) is 0 Å². The van der Waals surface area contributed by atoms with E-state index >= 15 is 0 Å². The van der Waals surface area contributed by atoms with Crippen LogP contribution in [-0.4, -0.2) is 0 Å². The van der Waals surface area contributed by atoms with Crippen molar-refractivity contribution >= 4 is 26.9 Å². The highest BCUT2D eigenvalue weighted by atomic mass is 79.9. The molecule has 2 N–H and O–H groups in total. The lowest BCUT2D eigenvalue weighted by atomic mass is 10.0. The number of halogens is 3. The van der Waals surface area contributed by atoms with Crippen molar-refractivity contribution in [2.45, 2.75) is 6.04 Å². The summed E-state index contributed by atoms with van der Waals surface area (Å²) in [6.07, 6.45) is 0. The normalized spacial score (nSPS) is 12.8. The summed E-state index contributed by atoms with van der Waals surface area (Å²) in [5.74, 6) is -0.573. The number of nitrogens with two attached hydrogens (primary N) is 1. The Bertz CT molecular complexity index is 785. The third kappa shape index (κ3) is 2.23. The maximum absolute atomic E-state index is 13.9. The van der Waals surface area contributed by atoms with Crippen LogP contribution in [-0.2, 0) is 0 Å². The lowest BCUT2D eigenvalue weighted by Gasteiger charge is -2.10. The molecule has 5 heteroatoms. The topological polar surface area (TPSA) is 39.2 Å². The quantitative estimate of drug-likeness (QED) is 0.746. The second kappa shape index (κ2) is 5.00. The minimum Gasteiger partial charge on any atom is -0.456 e. The summed E-state index contributed by atoms with van der Waals surface area (Å²) >= 11 is 3.19. The molecule has 0 radical (unpaired) electrons. The summed E-state index contributed by atoms with van der Waals surface area (Å²) in [4.78, 5) is 0. The number of hydrogen-bond donors (Lipinski definition) is 1. The van der Waals surface area contributed by atoms with Crippen LogP contribution in [0.2, 0.25) is 0 Å². The minimum atomic E-state index is -0.782. The molecule has 0 saturated heterocycles. The van der Waals surface area contributed by atoms with Gasteiger partial charge in [-0.1, -0.05) is 34.1 Å². The second-order valence-corrected chi connectivity index (χ2v) is 5.37. The molecule has 3 aromatic rings. The van der Waals surface area contributed by atoms with Crippen LogP contribution in [0.25, 0.3) is 11.0 Å². The molecule has 102 valence electrons. The SMILES string of the molecule is NC(c1cc2cccc(F)c2o1)c1ccc(Br)cc1F. The van der Waals surface area contributed by atoms with E-state index < -0.39 is 17.7 Å². The number of benzene rings is 2. The van der Waals surface area contributed by atoms with Crippen molar-refractivity contribution in [3.05, 3.63) is 69.9 Å². The van der Waals surface area contributed by atoms with Gasteiger partial charge in [0.25, 0.3) is 0 Å². The third-order valence-electron chi connectivity index (χ3n) is 3.12. The van der Waals surface area contributed by atoms with Gasteiger partial charge in [0.1, 0.15) is 11.6 Å². The van der Waals surface area contributed by atoms with Crippen molar-refractivity contribution in [2.24, 2.45) is 5.73 Å². The van der Waals surface area contributed by atoms with Crippen molar-refractivity contribution in [3.8, 4) is 0 Å². The molecule has 20 heavy (non-hydrogen) atoms. The predicted molar refractivity (Wildman–Crippen MR) is 76.3 cm³/mol. The number of rotatable bonds is 2. The molecule has 1 unspecified atom stereocenters. The van der Waals surface area contributed by atoms with Gasteiger partial charge in [-0.3, -0.25) is 0 Å². The van der Waals surface area contributed by atoms with E-state index in [1.165, 1.54) is 12.1 Å². The molecule has 0 fully saturated rings. The molecular weight excluding hydrogens is 328 g/mol. The van der Waals surface area contributed by atoms with E-state index in [0.29, 0.717) is 21.2 Å². The molecule has 2 nitrogen and oxygen atoms in total. The molecule has 3 rings (SSSR count). The Balaban J connectivity index is 2.08. The average molecular weight is 338 g/mol. The van der Waals surface area contributed by atoms with E-state index in [9.17, 15) is 8.78 Å². The fourth-order valence-corrected chi connectivity index (χ4v) is 2.44. The highest BCUT2D eigenvalue weighted by Gasteiger charge is 2.19. The molecule has 0 amide bonds. The van der Waals surface area contributed by atoms with Gasteiger partial charge in [-0.15, -0.1) is 0 Å². The summed E-state index contributed by atoms with van der Waals surface area (Å²) in [6, 6.07) is 10.1. The molecule has 0 saturated carbocycles. The lowest BCUT2D eigenvalue weighted by molar-refractivity contribution is 0.492. The Hall–Kier alpha value is -1.72. The van der Waals surface area contributed by atoms with Gasteiger partial charge in [-0.2, -0.15) is 0 Å². The van der Waals surface area contributed by atoms with Gasteiger partial charge in [-0.25, -0.2) is 8.78 Å². The Labute approximate surface area is 122 Å². The summed E-state index contributed by atoms with van der Waals surface area (Å²) in [6.45, 7) is 0. The fourth-order valence-electron chi connectivity index (χ4n) is 2.11. The largest absolute Gasteiger partial charge is 0.456 e. The molecule has 0 bridgehead atoms. The Morgan fingerprint density at radius 1 is 1.05 bits per heavy atom. The number of para-hydroxylation sites is 1. The first-order chi connectivity index (χ1) is 9.56. The van der Waals surface area contributed by atoms with Crippen molar-refractivity contribution < 1.29 is 13.2 Å². The number of furan rings is 1. The highest BCUT2D eigenvalue weighted by Crippen LogP contribution is 2.30. The molecule has 0 aliphatic rings. The standard InChI is InChI=1S/C15H10BrF2NO/c16-9-4-5-10(12(18)7-9)14(19)13-6-8-2-1-3-11(17)15(8)20-13/h1-7,14H,19H2. The monoisotopic (exact) mass is 337 g/mol. The fraction of sp³-hybridized carbons (Fsp3) is 0.0667. The highest BCUT2D eigenvalue weighted by molar-refractivity contribution is 9.10. The van der Waals surface area contributed by atoms with Gasteiger partial charge < -0.3 is 10.2 Å². The first-order valence-corrected chi connectivity index (χ1v) is 6.74. The van der Waals surface area contributed by atoms with Crippen molar-refractivity contribution in [2.75, 3.05) is 0 Å². The summed E-state index contributed by atoms with van der Waals surface area (Å²) in [5.41, 5.74) is 6.44. The van der Waals surface area contributed by atoms with E-state index in [1.807, 2.05) is 0 Å². The maximum atomic E-state index is 13.9. The van der Waals surface area contributed by atoms with Crippen LogP contribution < -0.4 is 5.73 Å². The van der Waals surface area contributed by atoms with E-state index in [1.54, 1.807) is 30.3 Å². The van der Waals surface area contributed by atoms with Crippen LogP contribution >= 0.6 is 15.9 Å². The van der Waals surface area contributed by atoms with Gasteiger partial charge in [0.2, 0.25) is 0 Å². The van der Waals surface area contributed by atoms with Gasteiger partial charge >= 0.3 is 0 Å². The zero-order valence-electron chi connectivity index (χ0n) is 10.2. The van der Waals surface area contributed by atoms with Crippen LogP contribution in [0, 0.1) is 11.6 Å². The van der Waals surface area contributed by atoms with Crippen molar-refractivity contribution in [1.82, 2.24) is 0 Å². The molecule has 0 spiro atoms. The first-order valence-electron chi connectivity index (χ1n) is 5.95. The van der Waals surface area contributed by atoms with Gasteiger partial charge in [0.05, 0.1) is 6.04 Å². The summed E-state index contributed by atoms with van der Waals surface area (Å²) in [7, 11) is 0. The van der Waals surface area contributed by atoms with Gasteiger partial charge in [0.15, 0.2) is 11.4 Å². The molecule has 1 atom stereocenters. The molecule has 2 aromatic carbocycles. The number of fused-ring (bicyclic) bond motifs is 1. The molecule has 1 aromatic heterocycles. The average Bonchev–Trinajstić information content (AvgIpc) is 2.83. The molecular formula is C15H10BrF2NO. The van der Waals surface area contributed by atoms with E-state index in [-0.39, 0.29) is 5.58 Å². The zero-order chi connectivity index (χ0) is 14.3. The third-order valence-corrected chi connectivity index (χ3v) is 3.61. The number of hydrogen-bond acceptors (Lipinski definition) is 2. The Kier molecular flexibility index (Phi) is 3.31. The van der Waals surface area contributed by atoms with Crippen LogP contribution in [0.3, 0.4) is 0 Å². The van der Waals surface area contributed by atoms with E-state index in [0.717, 1.165) is 0 Å². The zero-order valence-corrected chi connectivity index (χ0v) is 11.8. The maximum Gasteiger partial charge on any atom is 0.169 e. The summed E-state index contributed by atoms with van der Waals surface area (Å²) in [5, 5.41) is 0.605. The van der Waals surface area contributed by atoms with Crippen LogP contribution in [0.1, 0.15) is 17.4 Å². The Morgan fingerprint density at radius 3 is 2.55 bits per heavy atom. The van der Waals surface area contributed by atoms with E-state index in [4.69, 9.17) is 10.2 Å². The van der Waals surface area contributed by atoms with Gasteiger partial charge in [0, 0.05) is 15.4 Å². The predicted octanol–water partition coefficient (Wildman–Crippen LogP) is 4.52. The summed E-state index contributed by atoms with van der Waals surface area (Å²) < 4.78 is 33.5. The van der Waals surface area contributed by atoms with Crippen LogP contribution in [0.5, 0.6) is 0 Å². The van der Waals surface area contributed by atoms with Crippen LogP contribution in [0.4, 0.5) is 8.78 Å².